The Hall–Kier alpha value is -0.840. The molecule has 0 radical (unpaired) electrons. The van der Waals surface area contributed by atoms with E-state index in [1.54, 1.807) is 0 Å². The molecule has 4 nitrogen and oxygen atoms in total. The lowest BCUT2D eigenvalue weighted by atomic mass is 10.1. The highest BCUT2D eigenvalue weighted by Gasteiger charge is 2.26. The highest BCUT2D eigenvalue weighted by atomic mass is 19.1. The second kappa shape index (κ2) is 3.04. The molecule has 0 saturated carbocycles. The fourth-order valence-electron chi connectivity index (χ4n) is 1.25. The molecule has 1 rings (SSSR count). The number of halogens is 1. The third-order valence-corrected chi connectivity index (χ3v) is 1.74. The number of carbonyl (C=O) groups is 1. The van der Waals surface area contributed by atoms with E-state index < -0.39 is 12.2 Å². The van der Waals surface area contributed by atoms with Gasteiger partial charge in [0.2, 0.25) is 0 Å². The van der Waals surface area contributed by atoms with Gasteiger partial charge in [0.05, 0.1) is 6.54 Å². The Labute approximate surface area is 64.3 Å². The first-order valence-electron chi connectivity index (χ1n) is 3.53. The molecule has 5 heteroatoms. The maximum Gasteiger partial charge on any atom is 0.314 e. The van der Waals surface area contributed by atoms with Crippen LogP contribution in [0.4, 0.5) is 9.18 Å². The first-order valence-corrected chi connectivity index (χ1v) is 3.53. The van der Waals surface area contributed by atoms with Crippen LogP contribution in [0.1, 0.15) is 6.42 Å². The monoisotopic (exact) mass is 161 g/mol. The van der Waals surface area contributed by atoms with E-state index in [1.165, 1.54) is 4.90 Å². The molecule has 2 amide bonds. The van der Waals surface area contributed by atoms with Gasteiger partial charge in [0.15, 0.2) is 0 Å². The van der Waals surface area contributed by atoms with Gasteiger partial charge in [-0.2, -0.15) is 0 Å². The normalized spacial score (nSPS) is 32.0. The van der Waals surface area contributed by atoms with Gasteiger partial charge in [-0.05, 0) is 6.42 Å². The Kier molecular flexibility index (Phi) is 2.28. The van der Waals surface area contributed by atoms with Crippen molar-refractivity contribution < 1.29 is 9.18 Å². The van der Waals surface area contributed by atoms with Crippen LogP contribution in [-0.4, -0.2) is 36.2 Å². The fourth-order valence-corrected chi connectivity index (χ4v) is 1.25. The summed E-state index contributed by atoms with van der Waals surface area (Å²) < 4.78 is 12.7. The summed E-state index contributed by atoms with van der Waals surface area (Å²) in [5.41, 5.74) is 10.4. The van der Waals surface area contributed by atoms with E-state index in [0.29, 0.717) is 13.0 Å². The van der Waals surface area contributed by atoms with Crippen LogP contribution in [0, 0.1) is 0 Å². The lowest BCUT2D eigenvalue weighted by Gasteiger charge is -2.31. The minimum absolute atomic E-state index is 0.0863. The van der Waals surface area contributed by atoms with Crippen LogP contribution in [-0.2, 0) is 0 Å². The van der Waals surface area contributed by atoms with Crippen molar-refractivity contribution in [2.75, 3.05) is 13.1 Å². The number of rotatable bonds is 0. The molecule has 0 bridgehead atoms. The number of urea groups is 1. The van der Waals surface area contributed by atoms with E-state index in [1.807, 2.05) is 0 Å². The third kappa shape index (κ3) is 2.04. The van der Waals surface area contributed by atoms with E-state index in [2.05, 4.69) is 0 Å². The first-order chi connectivity index (χ1) is 5.09. The number of likely N-dealkylation sites (tertiary alicyclic amines) is 1. The highest BCUT2D eigenvalue weighted by molar-refractivity contribution is 5.72. The Balaban J connectivity index is 2.49. The number of amides is 2. The molecule has 4 N–H and O–H groups in total. The Morgan fingerprint density at radius 3 is 2.64 bits per heavy atom. The second-order valence-corrected chi connectivity index (χ2v) is 2.84. The van der Waals surface area contributed by atoms with Gasteiger partial charge in [0, 0.05) is 12.6 Å². The summed E-state index contributed by atoms with van der Waals surface area (Å²) in [5, 5.41) is 0. The Morgan fingerprint density at radius 2 is 2.18 bits per heavy atom. The fraction of sp³-hybridized carbons (Fsp3) is 0.833. The van der Waals surface area contributed by atoms with Crippen molar-refractivity contribution in [3.8, 4) is 0 Å². The van der Waals surface area contributed by atoms with Gasteiger partial charge in [0.1, 0.15) is 6.17 Å². The molecule has 0 aromatic heterocycles. The summed E-state index contributed by atoms with van der Waals surface area (Å²) in [5.74, 6) is 0. The average Bonchev–Trinajstić information content (AvgIpc) is 1.85. The van der Waals surface area contributed by atoms with Crippen molar-refractivity contribution in [3.63, 3.8) is 0 Å². The molecule has 64 valence electrons. The SMILES string of the molecule is NC(=O)N1C[C@H](N)C[C@H](F)C1. The Morgan fingerprint density at radius 1 is 1.55 bits per heavy atom. The smallest absolute Gasteiger partial charge is 0.314 e. The van der Waals surface area contributed by atoms with Crippen LogP contribution in [0.3, 0.4) is 0 Å². The number of nitrogens with zero attached hydrogens (tertiary/aromatic N) is 1. The van der Waals surface area contributed by atoms with Gasteiger partial charge in [-0.1, -0.05) is 0 Å². The van der Waals surface area contributed by atoms with Crippen LogP contribution in [0.25, 0.3) is 0 Å². The highest BCUT2D eigenvalue weighted by Crippen LogP contribution is 2.11. The van der Waals surface area contributed by atoms with E-state index in [-0.39, 0.29) is 12.6 Å². The molecule has 0 aromatic carbocycles. The molecule has 1 fully saturated rings. The van der Waals surface area contributed by atoms with Gasteiger partial charge < -0.3 is 16.4 Å². The molecule has 1 heterocycles. The maximum atomic E-state index is 12.7. The van der Waals surface area contributed by atoms with E-state index in [0.717, 1.165) is 0 Å². The number of nitrogens with two attached hydrogens (primary N) is 2. The summed E-state index contributed by atoms with van der Waals surface area (Å²) in [4.78, 5) is 11.8. The molecule has 1 aliphatic rings. The zero-order valence-electron chi connectivity index (χ0n) is 6.16. The molecule has 1 aliphatic heterocycles. The predicted octanol–water partition coefficient (Wildman–Crippen LogP) is -0.564. The molecule has 0 aliphatic carbocycles. The van der Waals surface area contributed by atoms with Crippen LogP contribution in [0.2, 0.25) is 0 Å². The number of primary amides is 1. The number of carbonyl (C=O) groups excluding carboxylic acids is 1. The molecule has 0 unspecified atom stereocenters. The molecule has 1 saturated heterocycles. The van der Waals surface area contributed by atoms with E-state index >= 15 is 0 Å². The molecular weight excluding hydrogens is 149 g/mol. The first kappa shape index (κ1) is 8.26. The number of alkyl halides is 1. The van der Waals surface area contributed by atoms with Gasteiger partial charge in [-0.3, -0.25) is 0 Å². The van der Waals surface area contributed by atoms with E-state index in [9.17, 15) is 9.18 Å². The van der Waals surface area contributed by atoms with Crippen molar-refractivity contribution in [2.45, 2.75) is 18.6 Å². The van der Waals surface area contributed by atoms with E-state index in [4.69, 9.17) is 11.5 Å². The third-order valence-electron chi connectivity index (χ3n) is 1.74. The molecule has 11 heavy (non-hydrogen) atoms. The van der Waals surface area contributed by atoms with Gasteiger partial charge in [-0.15, -0.1) is 0 Å². The average molecular weight is 161 g/mol. The van der Waals surface area contributed by atoms with Gasteiger partial charge in [0.25, 0.3) is 0 Å². The summed E-state index contributed by atoms with van der Waals surface area (Å²) in [6.45, 7) is 0.457. The largest absolute Gasteiger partial charge is 0.351 e. The van der Waals surface area contributed by atoms with Gasteiger partial charge in [-0.25, -0.2) is 9.18 Å². The van der Waals surface area contributed by atoms with Crippen molar-refractivity contribution >= 4 is 6.03 Å². The quantitative estimate of drug-likeness (QED) is 0.499. The summed E-state index contributed by atoms with van der Waals surface area (Å²) in [7, 11) is 0. The lowest BCUT2D eigenvalue weighted by Crippen LogP contribution is -2.51. The predicted molar refractivity (Wildman–Crippen MR) is 38.6 cm³/mol. The van der Waals surface area contributed by atoms with Crippen LogP contribution in [0.5, 0.6) is 0 Å². The molecule has 0 aromatic rings. The van der Waals surface area contributed by atoms with Crippen molar-refractivity contribution in [1.82, 2.24) is 4.90 Å². The van der Waals surface area contributed by atoms with Crippen molar-refractivity contribution in [1.29, 1.82) is 0 Å². The molecule has 2 atom stereocenters. The van der Waals surface area contributed by atoms with Crippen molar-refractivity contribution in [2.24, 2.45) is 11.5 Å². The summed E-state index contributed by atoms with van der Waals surface area (Å²) in [6, 6.07) is -0.867. The Bertz CT molecular complexity index is 154. The topological polar surface area (TPSA) is 72.4 Å². The standard InChI is InChI=1S/C6H12FN3O/c7-4-1-5(8)3-10(2-4)6(9)11/h4-5H,1-3,8H2,(H2,9,11)/t4-,5+/m0/s1. The number of hydrogen-bond acceptors (Lipinski definition) is 2. The lowest BCUT2D eigenvalue weighted by molar-refractivity contribution is 0.139. The zero-order chi connectivity index (χ0) is 8.43. The number of piperidine rings is 1. The second-order valence-electron chi connectivity index (χ2n) is 2.84. The van der Waals surface area contributed by atoms with Crippen molar-refractivity contribution in [3.05, 3.63) is 0 Å². The summed E-state index contributed by atoms with van der Waals surface area (Å²) >= 11 is 0. The van der Waals surface area contributed by atoms with Crippen LogP contribution in [0.15, 0.2) is 0 Å². The number of hydrogen-bond donors (Lipinski definition) is 2. The summed E-state index contributed by atoms with van der Waals surface area (Å²) in [6.07, 6.45) is -0.699. The van der Waals surface area contributed by atoms with Crippen LogP contribution < -0.4 is 11.5 Å². The van der Waals surface area contributed by atoms with Gasteiger partial charge >= 0.3 is 6.03 Å². The minimum atomic E-state index is -1.02. The maximum absolute atomic E-state index is 12.7. The molecule has 0 spiro atoms. The minimum Gasteiger partial charge on any atom is -0.351 e. The molecular formula is C6H12FN3O. The van der Waals surface area contributed by atoms with Crippen LogP contribution >= 0.6 is 0 Å². The zero-order valence-corrected chi connectivity index (χ0v) is 6.16.